The lowest BCUT2D eigenvalue weighted by Crippen LogP contribution is -2.13. The lowest BCUT2D eigenvalue weighted by atomic mass is 9.87. The number of ether oxygens (including phenoxy) is 1. The predicted molar refractivity (Wildman–Crippen MR) is 105 cm³/mol. The second kappa shape index (κ2) is 6.87. The fraction of sp³-hybridized carbons (Fsp3) is 0.318. The molecule has 0 fully saturated rings. The number of carbonyl (C=O) groups excluding carboxylic acids is 1. The molecule has 4 rings (SSSR count). The smallest absolute Gasteiger partial charge is 0.255 e. The Kier molecular flexibility index (Phi) is 4.41. The summed E-state index contributed by atoms with van der Waals surface area (Å²) in [5.41, 5.74) is 5.20. The lowest BCUT2D eigenvalue weighted by Gasteiger charge is -2.18. The van der Waals surface area contributed by atoms with Gasteiger partial charge < -0.3 is 15.0 Å². The van der Waals surface area contributed by atoms with Crippen LogP contribution in [-0.4, -0.2) is 17.5 Å². The Morgan fingerprint density at radius 1 is 1.27 bits per heavy atom. The standard InChI is InChI=1S/C22H24N2O2/c1-3-26-21-7-5-4-6-20(21)24-22(25)15-9-11-19-17(13-15)16-12-14(2)8-10-18(16)23-19/h4-7,9,11,13-14,23H,3,8,10,12H2,1-2H3,(H,24,25). The third kappa shape index (κ3) is 3.07. The summed E-state index contributed by atoms with van der Waals surface area (Å²) in [6.45, 7) is 4.79. The molecule has 1 aromatic heterocycles. The number of nitrogens with one attached hydrogen (secondary N) is 2. The quantitative estimate of drug-likeness (QED) is 0.701. The first-order valence-electron chi connectivity index (χ1n) is 9.32. The molecule has 1 aliphatic rings. The van der Waals surface area contributed by atoms with Gasteiger partial charge in [0.1, 0.15) is 5.75 Å². The molecule has 0 radical (unpaired) electrons. The van der Waals surface area contributed by atoms with Crippen molar-refractivity contribution in [2.24, 2.45) is 5.92 Å². The van der Waals surface area contributed by atoms with E-state index >= 15 is 0 Å². The molecule has 2 N–H and O–H groups in total. The van der Waals surface area contributed by atoms with Crippen molar-refractivity contribution in [1.82, 2.24) is 4.98 Å². The summed E-state index contributed by atoms with van der Waals surface area (Å²) in [6, 6.07) is 13.4. The van der Waals surface area contributed by atoms with Gasteiger partial charge in [-0.15, -0.1) is 0 Å². The summed E-state index contributed by atoms with van der Waals surface area (Å²) >= 11 is 0. The van der Waals surface area contributed by atoms with Crippen LogP contribution >= 0.6 is 0 Å². The number of aryl methyl sites for hydroxylation is 1. The van der Waals surface area contributed by atoms with E-state index in [1.807, 2.05) is 49.4 Å². The van der Waals surface area contributed by atoms with Gasteiger partial charge in [0.15, 0.2) is 0 Å². The SMILES string of the molecule is CCOc1ccccc1NC(=O)c1ccc2[nH]c3c(c2c1)CC(C)CC3. The molecule has 26 heavy (non-hydrogen) atoms. The maximum Gasteiger partial charge on any atom is 0.255 e. The first-order valence-corrected chi connectivity index (χ1v) is 9.32. The minimum Gasteiger partial charge on any atom is -0.492 e. The normalized spacial score (nSPS) is 16.3. The zero-order chi connectivity index (χ0) is 18.1. The Bertz CT molecular complexity index is 958. The van der Waals surface area contributed by atoms with Crippen LogP contribution in [0.2, 0.25) is 0 Å². The number of H-pyrrole nitrogens is 1. The number of hydrogen-bond acceptors (Lipinski definition) is 2. The highest BCUT2D eigenvalue weighted by molar-refractivity contribution is 6.07. The van der Waals surface area contributed by atoms with Crippen LogP contribution in [-0.2, 0) is 12.8 Å². The Hall–Kier alpha value is -2.75. The van der Waals surface area contributed by atoms with Crippen molar-refractivity contribution in [1.29, 1.82) is 0 Å². The number of fused-ring (bicyclic) bond motifs is 3. The number of amides is 1. The molecule has 0 saturated carbocycles. The van der Waals surface area contributed by atoms with Crippen LogP contribution in [0.1, 0.15) is 41.9 Å². The van der Waals surface area contributed by atoms with E-state index in [4.69, 9.17) is 4.74 Å². The van der Waals surface area contributed by atoms with Crippen molar-refractivity contribution in [3.8, 4) is 5.75 Å². The molecule has 0 bridgehead atoms. The second-order valence-corrected chi connectivity index (χ2v) is 7.07. The summed E-state index contributed by atoms with van der Waals surface area (Å²) < 4.78 is 5.60. The van der Waals surface area contributed by atoms with Gasteiger partial charge in [-0.2, -0.15) is 0 Å². The van der Waals surface area contributed by atoms with Crippen LogP contribution in [0.5, 0.6) is 5.75 Å². The summed E-state index contributed by atoms with van der Waals surface area (Å²) in [5, 5.41) is 4.16. The summed E-state index contributed by atoms with van der Waals surface area (Å²) in [4.78, 5) is 16.3. The Balaban J connectivity index is 1.64. The highest BCUT2D eigenvalue weighted by Gasteiger charge is 2.20. The van der Waals surface area contributed by atoms with Gasteiger partial charge in [0.2, 0.25) is 0 Å². The molecule has 1 heterocycles. The highest BCUT2D eigenvalue weighted by Crippen LogP contribution is 2.32. The summed E-state index contributed by atoms with van der Waals surface area (Å²) in [6.07, 6.45) is 3.39. The average Bonchev–Trinajstić information content (AvgIpc) is 3.00. The Labute approximate surface area is 153 Å². The van der Waals surface area contributed by atoms with E-state index in [1.54, 1.807) is 0 Å². The summed E-state index contributed by atoms with van der Waals surface area (Å²) in [5.74, 6) is 1.27. The first kappa shape index (κ1) is 16.7. The van der Waals surface area contributed by atoms with Gasteiger partial charge in [0.05, 0.1) is 12.3 Å². The third-order valence-electron chi connectivity index (χ3n) is 5.13. The van der Waals surface area contributed by atoms with Crippen LogP contribution in [0.15, 0.2) is 42.5 Å². The molecule has 134 valence electrons. The van der Waals surface area contributed by atoms with Crippen LogP contribution < -0.4 is 10.1 Å². The molecular weight excluding hydrogens is 324 g/mol. The van der Waals surface area contributed by atoms with E-state index in [9.17, 15) is 4.79 Å². The number of para-hydroxylation sites is 2. The molecule has 1 atom stereocenters. The van der Waals surface area contributed by atoms with Crippen LogP contribution in [0.4, 0.5) is 5.69 Å². The number of anilines is 1. The number of benzene rings is 2. The summed E-state index contributed by atoms with van der Waals surface area (Å²) in [7, 11) is 0. The topological polar surface area (TPSA) is 54.1 Å². The average molecular weight is 348 g/mol. The minimum absolute atomic E-state index is 0.113. The van der Waals surface area contributed by atoms with Crippen molar-refractivity contribution >= 4 is 22.5 Å². The van der Waals surface area contributed by atoms with Crippen molar-refractivity contribution in [3.63, 3.8) is 0 Å². The highest BCUT2D eigenvalue weighted by atomic mass is 16.5. The first-order chi connectivity index (χ1) is 12.7. The Morgan fingerprint density at radius 3 is 2.96 bits per heavy atom. The van der Waals surface area contributed by atoms with Crippen LogP contribution in [0, 0.1) is 5.92 Å². The van der Waals surface area contributed by atoms with Gasteiger partial charge >= 0.3 is 0 Å². The van der Waals surface area contributed by atoms with Gasteiger partial charge in [-0.3, -0.25) is 4.79 Å². The largest absolute Gasteiger partial charge is 0.492 e. The molecule has 1 amide bonds. The van der Waals surface area contributed by atoms with Gasteiger partial charge in [-0.1, -0.05) is 19.1 Å². The predicted octanol–water partition coefficient (Wildman–Crippen LogP) is 4.94. The molecular formula is C22H24N2O2. The van der Waals surface area contributed by atoms with Crippen LogP contribution in [0.25, 0.3) is 10.9 Å². The number of hydrogen-bond donors (Lipinski definition) is 2. The number of rotatable bonds is 4. The number of carbonyl (C=O) groups is 1. The molecule has 4 heteroatoms. The molecule has 1 unspecified atom stereocenters. The zero-order valence-electron chi connectivity index (χ0n) is 15.3. The number of aromatic nitrogens is 1. The molecule has 4 nitrogen and oxygen atoms in total. The number of aromatic amines is 1. The van der Waals surface area contributed by atoms with E-state index in [0.717, 1.165) is 18.4 Å². The molecule has 0 aliphatic heterocycles. The second-order valence-electron chi connectivity index (χ2n) is 7.07. The minimum atomic E-state index is -0.113. The van der Waals surface area contributed by atoms with E-state index in [0.29, 0.717) is 29.5 Å². The maximum atomic E-state index is 12.8. The van der Waals surface area contributed by atoms with Gasteiger partial charge in [0.25, 0.3) is 5.91 Å². The Morgan fingerprint density at radius 2 is 2.12 bits per heavy atom. The van der Waals surface area contributed by atoms with E-state index < -0.39 is 0 Å². The molecule has 3 aromatic rings. The zero-order valence-corrected chi connectivity index (χ0v) is 15.3. The molecule has 1 aliphatic carbocycles. The monoisotopic (exact) mass is 348 g/mol. The lowest BCUT2D eigenvalue weighted by molar-refractivity contribution is 0.102. The fourth-order valence-electron chi connectivity index (χ4n) is 3.78. The van der Waals surface area contributed by atoms with Crippen LogP contribution in [0.3, 0.4) is 0 Å². The van der Waals surface area contributed by atoms with Gasteiger partial charge in [-0.25, -0.2) is 0 Å². The van der Waals surface area contributed by atoms with Crippen molar-refractivity contribution in [3.05, 3.63) is 59.3 Å². The van der Waals surface area contributed by atoms with E-state index in [-0.39, 0.29) is 5.91 Å². The van der Waals surface area contributed by atoms with Crippen molar-refractivity contribution < 1.29 is 9.53 Å². The van der Waals surface area contributed by atoms with E-state index in [1.165, 1.54) is 23.1 Å². The fourth-order valence-corrected chi connectivity index (χ4v) is 3.78. The van der Waals surface area contributed by atoms with Gasteiger partial charge in [-0.05, 0) is 68.0 Å². The van der Waals surface area contributed by atoms with Crippen molar-refractivity contribution in [2.75, 3.05) is 11.9 Å². The molecule has 0 saturated heterocycles. The van der Waals surface area contributed by atoms with E-state index in [2.05, 4.69) is 17.2 Å². The molecule has 0 spiro atoms. The van der Waals surface area contributed by atoms with Gasteiger partial charge in [0, 0.05) is 22.2 Å². The maximum absolute atomic E-state index is 12.8. The van der Waals surface area contributed by atoms with Crippen molar-refractivity contribution in [2.45, 2.75) is 33.1 Å². The molecule has 2 aromatic carbocycles. The third-order valence-corrected chi connectivity index (χ3v) is 5.13.